The second kappa shape index (κ2) is 12.6. The molecule has 10 heteroatoms. The van der Waals surface area contributed by atoms with Gasteiger partial charge in [0, 0.05) is 23.4 Å². The predicted molar refractivity (Wildman–Crippen MR) is 159 cm³/mol. The number of nitrogens with two attached hydrogens (primary N) is 1. The summed E-state index contributed by atoms with van der Waals surface area (Å²) in [6.07, 6.45) is 4.38. The molecule has 4 bridgehead atoms. The van der Waals surface area contributed by atoms with Gasteiger partial charge < -0.3 is 15.4 Å². The lowest BCUT2D eigenvalue weighted by molar-refractivity contribution is -0.138. The molecule has 3 N–H and O–H groups in total. The molecule has 2 aromatic carbocycles. The number of carbonyl (C=O) groups excluding carboxylic acids is 2. The van der Waals surface area contributed by atoms with Gasteiger partial charge in [0.2, 0.25) is 21.8 Å². The van der Waals surface area contributed by atoms with Crippen molar-refractivity contribution in [3.05, 3.63) is 60.2 Å². The van der Waals surface area contributed by atoms with Gasteiger partial charge in [0.25, 0.3) is 0 Å². The van der Waals surface area contributed by atoms with Crippen LogP contribution in [0.15, 0.2) is 54.6 Å². The van der Waals surface area contributed by atoms with E-state index < -0.39 is 40.0 Å². The second-order valence-corrected chi connectivity index (χ2v) is 12.9. The van der Waals surface area contributed by atoms with E-state index in [2.05, 4.69) is 16.9 Å². The lowest BCUT2D eigenvalue weighted by atomic mass is 10.0. The number of hydrogen-bond donors (Lipinski definition) is 2. The Morgan fingerprint density at radius 2 is 1.93 bits per heavy atom. The quantitative estimate of drug-likeness (QED) is 0.472. The van der Waals surface area contributed by atoms with Crippen molar-refractivity contribution in [1.82, 2.24) is 14.6 Å². The van der Waals surface area contributed by atoms with Gasteiger partial charge in [-0.2, -0.15) is 0 Å². The summed E-state index contributed by atoms with van der Waals surface area (Å²) < 4.78 is 35.1. The summed E-state index contributed by atoms with van der Waals surface area (Å²) >= 11 is 0. The van der Waals surface area contributed by atoms with Crippen LogP contribution in [0.1, 0.15) is 57.4 Å². The average Bonchev–Trinajstić information content (AvgIpc) is 3.39. The second-order valence-electron chi connectivity index (χ2n) is 11.0. The Balaban J connectivity index is 1.55. The van der Waals surface area contributed by atoms with Gasteiger partial charge in [-0.1, -0.05) is 62.6 Å². The standard InChI is InChI=1S/C31H38N4O5S/c1-2-3-13-26-31(37)35-20-23(18-28(35)30(32)36)40-29-19-27(22-11-7-4-8-12-22)33-25-15-14-21(17-24(25)29)10-6-5-9-16-41(38,39)34-26/h4,7-8,11-12,14-15,17,19,23,26,28,34H,2-3,5-6,9-10,13,16,18,20H2,1H3,(H2,32,36)/t23-,26+,28+/m1/s1. The lowest BCUT2D eigenvalue weighted by Crippen LogP contribution is -2.53. The van der Waals surface area contributed by atoms with Crippen molar-refractivity contribution in [2.24, 2.45) is 5.73 Å². The number of unbranched alkanes of at least 4 members (excludes halogenated alkanes) is 1. The highest BCUT2D eigenvalue weighted by Gasteiger charge is 2.42. The van der Waals surface area contributed by atoms with Crippen LogP contribution in [-0.4, -0.2) is 60.6 Å². The number of amides is 2. The summed E-state index contributed by atoms with van der Waals surface area (Å²) in [5.74, 6) is -0.497. The first kappa shape index (κ1) is 29.0. The molecule has 0 radical (unpaired) electrons. The molecule has 3 heterocycles. The Labute approximate surface area is 241 Å². The van der Waals surface area contributed by atoms with Crippen molar-refractivity contribution >= 4 is 32.7 Å². The van der Waals surface area contributed by atoms with Crippen molar-refractivity contribution in [1.29, 1.82) is 0 Å². The van der Waals surface area contributed by atoms with E-state index in [9.17, 15) is 18.0 Å². The van der Waals surface area contributed by atoms with Crippen LogP contribution in [0.4, 0.5) is 0 Å². The van der Waals surface area contributed by atoms with E-state index in [1.54, 1.807) is 0 Å². The number of pyridine rings is 1. The minimum Gasteiger partial charge on any atom is -0.488 e. The molecule has 1 aromatic heterocycles. The molecule has 3 aromatic rings. The fourth-order valence-corrected chi connectivity index (χ4v) is 7.10. The molecule has 2 aliphatic heterocycles. The molecule has 0 aliphatic carbocycles. The Hall–Kier alpha value is -3.50. The molecule has 218 valence electrons. The number of hydrogen-bond acceptors (Lipinski definition) is 6. The van der Waals surface area contributed by atoms with Gasteiger partial charge in [0.1, 0.15) is 23.9 Å². The predicted octanol–water partition coefficient (Wildman–Crippen LogP) is 3.94. The number of aryl methyl sites for hydroxylation is 1. The van der Waals surface area contributed by atoms with Crippen LogP contribution in [0.3, 0.4) is 0 Å². The van der Waals surface area contributed by atoms with Gasteiger partial charge in [-0.05, 0) is 43.4 Å². The molecular weight excluding hydrogens is 540 g/mol. The molecule has 5 rings (SSSR count). The topological polar surface area (TPSA) is 132 Å². The van der Waals surface area contributed by atoms with Crippen LogP contribution in [-0.2, 0) is 26.0 Å². The highest BCUT2D eigenvalue weighted by atomic mass is 32.2. The molecule has 1 fully saturated rings. The largest absolute Gasteiger partial charge is 0.488 e. The van der Waals surface area contributed by atoms with Crippen molar-refractivity contribution in [2.75, 3.05) is 12.3 Å². The summed E-state index contributed by atoms with van der Waals surface area (Å²) in [5.41, 5.74) is 9.37. The van der Waals surface area contributed by atoms with Gasteiger partial charge in [0.05, 0.1) is 23.5 Å². The number of ether oxygens (including phenoxy) is 1. The molecule has 9 nitrogen and oxygen atoms in total. The Morgan fingerprint density at radius 1 is 1.12 bits per heavy atom. The summed E-state index contributed by atoms with van der Waals surface area (Å²) in [5, 5.41) is 0.858. The number of fused-ring (bicyclic) bond motifs is 3. The normalized spacial score (nSPS) is 23.3. The zero-order valence-corrected chi connectivity index (χ0v) is 24.2. The first-order valence-electron chi connectivity index (χ1n) is 14.5. The van der Waals surface area contributed by atoms with Crippen molar-refractivity contribution < 1.29 is 22.7 Å². The van der Waals surface area contributed by atoms with Crippen LogP contribution in [0.2, 0.25) is 0 Å². The maximum atomic E-state index is 13.8. The number of aromatic nitrogens is 1. The minimum atomic E-state index is -3.69. The average molecular weight is 579 g/mol. The van der Waals surface area contributed by atoms with Crippen molar-refractivity contribution in [2.45, 2.75) is 76.5 Å². The van der Waals surface area contributed by atoms with Crippen LogP contribution >= 0.6 is 0 Å². The number of carbonyl (C=O) groups is 2. The lowest BCUT2D eigenvalue weighted by Gasteiger charge is -2.27. The van der Waals surface area contributed by atoms with Gasteiger partial charge >= 0.3 is 0 Å². The Bertz CT molecular complexity index is 1510. The van der Waals surface area contributed by atoms with Crippen LogP contribution < -0.4 is 15.2 Å². The van der Waals surface area contributed by atoms with Crippen LogP contribution in [0.5, 0.6) is 5.75 Å². The van der Waals surface area contributed by atoms with E-state index in [0.717, 1.165) is 53.4 Å². The maximum absolute atomic E-state index is 13.8. The zero-order chi connectivity index (χ0) is 29.0. The van der Waals surface area contributed by atoms with E-state index in [-0.39, 0.29) is 18.7 Å². The van der Waals surface area contributed by atoms with Gasteiger partial charge in [-0.15, -0.1) is 0 Å². The van der Waals surface area contributed by atoms with Gasteiger partial charge in [-0.25, -0.2) is 18.1 Å². The fourth-order valence-electron chi connectivity index (χ4n) is 5.74. The smallest absolute Gasteiger partial charge is 0.241 e. The minimum absolute atomic E-state index is 0.0536. The SMILES string of the molecule is CCCC[C@@H]1NS(=O)(=O)CCCCCc2ccc3nc(-c4ccccc4)cc(c3c2)O[C@@H]2C[C@@H](C(N)=O)N(C2)C1=O. The summed E-state index contributed by atoms with van der Waals surface area (Å²) in [4.78, 5) is 32.6. The third-order valence-corrected chi connectivity index (χ3v) is 9.39. The van der Waals surface area contributed by atoms with E-state index in [1.165, 1.54) is 4.90 Å². The number of primary amides is 1. The Morgan fingerprint density at radius 3 is 2.68 bits per heavy atom. The summed E-state index contributed by atoms with van der Waals surface area (Å²) in [6, 6.07) is 16.0. The van der Waals surface area contributed by atoms with Gasteiger partial charge in [-0.3, -0.25) is 9.59 Å². The molecule has 2 aliphatic rings. The third kappa shape index (κ3) is 6.87. The molecular formula is C31H38N4O5S. The molecule has 0 spiro atoms. The third-order valence-electron chi connectivity index (χ3n) is 7.92. The summed E-state index contributed by atoms with van der Waals surface area (Å²) in [6.45, 7) is 2.11. The van der Waals surface area contributed by atoms with Crippen LogP contribution in [0, 0.1) is 0 Å². The van der Waals surface area contributed by atoms with E-state index in [0.29, 0.717) is 25.0 Å². The van der Waals surface area contributed by atoms with E-state index in [1.807, 2.05) is 49.4 Å². The first-order valence-corrected chi connectivity index (χ1v) is 16.1. The van der Waals surface area contributed by atoms with Crippen molar-refractivity contribution in [3.8, 4) is 17.0 Å². The molecule has 2 amide bonds. The molecule has 0 saturated carbocycles. The monoisotopic (exact) mass is 578 g/mol. The van der Waals surface area contributed by atoms with E-state index in [4.69, 9.17) is 15.5 Å². The molecule has 41 heavy (non-hydrogen) atoms. The molecule has 3 atom stereocenters. The number of rotatable bonds is 5. The summed E-state index contributed by atoms with van der Waals surface area (Å²) in [7, 11) is -3.69. The highest BCUT2D eigenvalue weighted by Crippen LogP contribution is 2.34. The number of nitrogens with one attached hydrogen (secondary N) is 1. The van der Waals surface area contributed by atoms with Crippen molar-refractivity contribution in [3.63, 3.8) is 0 Å². The molecule has 0 unspecified atom stereocenters. The van der Waals surface area contributed by atoms with Crippen LogP contribution in [0.25, 0.3) is 22.2 Å². The van der Waals surface area contributed by atoms with E-state index >= 15 is 0 Å². The Kier molecular flexibility index (Phi) is 8.89. The zero-order valence-electron chi connectivity index (χ0n) is 23.4. The molecule has 1 saturated heterocycles. The highest BCUT2D eigenvalue weighted by molar-refractivity contribution is 7.89. The maximum Gasteiger partial charge on any atom is 0.241 e. The number of nitrogens with zero attached hydrogens (tertiary/aromatic N) is 2. The number of benzene rings is 2. The first-order chi connectivity index (χ1) is 19.7. The fraction of sp³-hybridized carbons (Fsp3) is 0.452. The number of sulfonamides is 1. The van der Waals surface area contributed by atoms with Gasteiger partial charge in [0.15, 0.2) is 0 Å².